The van der Waals surface area contributed by atoms with Gasteiger partial charge in [-0.05, 0) is 42.0 Å². The molecule has 4 rings (SSSR count). The van der Waals surface area contributed by atoms with E-state index in [0.717, 1.165) is 4.68 Å². The number of aromatic amines is 1. The number of nitrogens with one attached hydrogen (secondary N) is 3. The molecule has 0 unspecified atom stereocenters. The van der Waals surface area contributed by atoms with E-state index in [1.807, 2.05) is 0 Å². The molecule has 0 aliphatic heterocycles. The maximum Gasteiger partial charge on any atom is 0.349 e. The fraction of sp³-hybridized carbons (Fsp3) is 0.136. The van der Waals surface area contributed by atoms with Crippen molar-refractivity contribution in [3.05, 3.63) is 82.2 Å². The molecule has 174 valence electrons. The molecule has 1 aromatic carbocycles. The number of nitrogens with two attached hydrogens (primary N) is 2. The normalized spacial score (nSPS) is 11.6. The summed E-state index contributed by atoms with van der Waals surface area (Å²) in [7, 11) is 2.99. The summed E-state index contributed by atoms with van der Waals surface area (Å²) in [6.45, 7) is 0. The van der Waals surface area contributed by atoms with Crippen LogP contribution in [-0.4, -0.2) is 44.8 Å². The first-order valence-electron chi connectivity index (χ1n) is 10.1. The number of nitrogens with zero attached hydrogens (tertiary/aromatic N) is 4. The topological polar surface area (TPSA) is 183 Å². The lowest BCUT2D eigenvalue weighted by Crippen LogP contribution is -2.18. The summed E-state index contributed by atoms with van der Waals surface area (Å²) in [5, 5.41) is 15.4. The van der Waals surface area contributed by atoms with Crippen molar-refractivity contribution in [2.45, 2.75) is 6.04 Å². The van der Waals surface area contributed by atoms with E-state index in [1.54, 1.807) is 48.5 Å². The van der Waals surface area contributed by atoms with Gasteiger partial charge in [0.15, 0.2) is 11.6 Å². The molecule has 0 aliphatic carbocycles. The van der Waals surface area contributed by atoms with Crippen LogP contribution in [0.25, 0.3) is 5.82 Å². The Morgan fingerprint density at radius 3 is 2.41 bits per heavy atom. The molecular formula is C22H23N9O3. The van der Waals surface area contributed by atoms with Crippen molar-refractivity contribution in [2.24, 2.45) is 5.73 Å². The van der Waals surface area contributed by atoms with E-state index in [-0.39, 0.29) is 11.7 Å². The van der Waals surface area contributed by atoms with Crippen molar-refractivity contribution in [1.82, 2.24) is 24.7 Å². The second-order valence-electron chi connectivity index (χ2n) is 7.20. The zero-order valence-electron chi connectivity index (χ0n) is 18.4. The Bertz CT molecular complexity index is 1360. The van der Waals surface area contributed by atoms with Crippen LogP contribution in [0.2, 0.25) is 0 Å². The van der Waals surface area contributed by atoms with Gasteiger partial charge in [-0.15, -0.1) is 5.10 Å². The van der Waals surface area contributed by atoms with Crippen LogP contribution < -0.4 is 31.9 Å². The van der Waals surface area contributed by atoms with Crippen LogP contribution in [0.5, 0.6) is 11.8 Å². The molecule has 3 aromatic heterocycles. The second kappa shape index (κ2) is 9.32. The average molecular weight is 461 g/mol. The third kappa shape index (κ3) is 4.50. The van der Waals surface area contributed by atoms with Crippen molar-refractivity contribution in [3.63, 3.8) is 0 Å². The van der Waals surface area contributed by atoms with E-state index in [2.05, 4.69) is 25.4 Å². The zero-order valence-corrected chi connectivity index (χ0v) is 18.4. The molecule has 7 N–H and O–H groups in total. The molecule has 0 bridgehead atoms. The summed E-state index contributed by atoms with van der Waals surface area (Å²) in [4.78, 5) is 24.0. The summed E-state index contributed by atoms with van der Waals surface area (Å²) < 4.78 is 11.7. The SMILES string of the molecule is COc1cc([C@H](Nc2ccc(C(=N)N)cc2)c2nn(-c3ncccc3N)c(=O)[nH]2)cc(OC)n1. The number of amidine groups is 1. The van der Waals surface area contributed by atoms with E-state index < -0.39 is 11.7 Å². The van der Waals surface area contributed by atoms with Gasteiger partial charge in [0.1, 0.15) is 11.9 Å². The highest BCUT2D eigenvalue weighted by molar-refractivity contribution is 5.95. The minimum absolute atomic E-state index is 0.0391. The fourth-order valence-corrected chi connectivity index (χ4v) is 3.30. The van der Waals surface area contributed by atoms with Gasteiger partial charge in [0.2, 0.25) is 11.8 Å². The Hall–Kier alpha value is -4.87. The van der Waals surface area contributed by atoms with Crippen molar-refractivity contribution < 1.29 is 9.47 Å². The van der Waals surface area contributed by atoms with E-state index in [9.17, 15) is 4.79 Å². The number of hydrogen-bond donors (Lipinski definition) is 5. The van der Waals surface area contributed by atoms with Gasteiger partial charge in [0.05, 0.1) is 19.9 Å². The zero-order chi connectivity index (χ0) is 24.2. The number of rotatable bonds is 8. The molecule has 0 fully saturated rings. The fourth-order valence-electron chi connectivity index (χ4n) is 3.30. The largest absolute Gasteiger partial charge is 0.481 e. The number of H-pyrrole nitrogens is 1. The standard InChI is InChI=1S/C22H23N9O3/c1-33-16-10-13(11-17(28-16)34-2)18(27-14-7-5-12(6-8-14)19(24)25)20-29-22(32)31(30-20)21-15(23)4-3-9-26-21/h3-11,18,27H,23H2,1-2H3,(H3,24,25)(H,29,30,32)/t18-/m0/s1. The van der Waals surface area contributed by atoms with Crippen LogP contribution in [0.15, 0.2) is 59.5 Å². The third-order valence-electron chi connectivity index (χ3n) is 4.99. The minimum Gasteiger partial charge on any atom is -0.481 e. The molecular weight excluding hydrogens is 438 g/mol. The lowest BCUT2D eigenvalue weighted by molar-refractivity contribution is 0.363. The first-order chi connectivity index (χ1) is 16.4. The highest BCUT2D eigenvalue weighted by Crippen LogP contribution is 2.29. The van der Waals surface area contributed by atoms with Crippen LogP contribution >= 0.6 is 0 Å². The number of anilines is 2. The van der Waals surface area contributed by atoms with Crippen LogP contribution in [-0.2, 0) is 0 Å². The summed E-state index contributed by atoms with van der Waals surface area (Å²) in [6, 6.07) is 13.0. The third-order valence-corrected chi connectivity index (χ3v) is 4.99. The second-order valence-corrected chi connectivity index (χ2v) is 7.20. The van der Waals surface area contributed by atoms with Crippen molar-refractivity contribution in [3.8, 4) is 17.6 Å². The molecule has 0 saturated heterocycles. The molecule has 0 saturated carbocycles. The first kappa shape index (κ1) is 22.3. The maximum atomic E-state index is 12.8. The smallest absolute Gasteiger partial charge is 0.349 e. The Labute approximate surface area is 194 Å². The lowest BCUT2D eigenvalue weighted by Gasteiger charge is -2.19. The van der Waals surface area contributed by atoms with Crippen LogP contribution in [0.3, 0.4) is 0 Å². The summed E-state index contributed by atoms with van der Waals surface area (Å²) in [5.41, 5.74) is 13.3. The highest BCUT2D eigenvalue weighted by Gasteiger charge is 2.23. The number of methoxy groups -OCH3 is 2. The number of aromatic nitrogens is 5. The van der Waals surface area contributed by atoms with E-state index in [1.165, 1.54) is 20.4 Å². The number of ether oxygens (including phenoxy) is 2. The number of hydrogen-bond acceptors (Lipinski definition) is 9. The van der Waals surface area contributed by atoms with E-state index >= 15 is 0 Å². The van der Waals surface area contributed by atoms with Gasteiger partial charge in [-0.3, -0.25) is 10.4 Å². The van der Waals surface area contributed by atoms with E-state index in [4.69, 9.17) is 26.4 Å². The van der Waals surface area contributed by atoms with E-state index in [0.29, 0.717) is 40.1 Å². The average Bonchev–Trinajstić information content (AvgIpc) is 3.23. The van der Waals surface area contributed by atoms with Gasteiger partial charge in [-0.1, -0.05) is 0 Å². The Morgan fingerprint density at radius 1 is 1.15 bits per heavy atom. The van der Waals surface area contributed by atoms with Gasteiger partial charge in [0, 0.05) is 29.6 Å². The number of benzene rings is 1. The Morgan fingerprint density at radius 2 is 1.82 bits per heavy atom. The summed E-state index contributed by atoms with van der Waals surface area (Å²) >= 11 is 0. The molecule has 0 aliphatic rings. The number of pyridine rings is 2. The molecule has 0 amide bonds. The summed E-state index contributed by atoms with van der Waals surface area (Å²) in [5.74, 6) is 1.11. The Kier molecular flexibility index (Phi) is 6.12. The molecule has 3 heterocycles. The maximum absolute atomic E-state index is 12.8. The predicted octanol–water partition coefficient (Wildman–Crippen LogP) is 1.44. The molecule has 0 spiro atoms. The van der Waals surface area contributed by atoms with Gasteiger partial charge >= 0.3 is 5.69 Å². The molecule has 4 aromatic rings. The molecule has 1 atom stereocenters. The monoisotopic (exact) mass is 461 g/mol. The van der Waals surface area contributed by atoms with Gasteiger partial charge in [-0.25, -0.2) is 9.78 Å². The van der Waals surface area contributed by atoms with Gasteiger partial charge < -0.3 is 26.3 Å². The van der Waals surface area contributed by atoms with Gasteiger partial charge in [-0.2, -0.15) is 9.67 Å². The van der Waals surface area contributed by atoms with Crippen molar-refractivity contribution >= 4 is 17.2 Å². The molecule has 0 radical (unpaired) electrons. The predicted molar refractivity (Wildman–Crippen MR) is 127 cm³/mol. The number of nitrogen functional groups attached to an aromatic ring is 2. The summed E-state index contributed by atoms with van der Waals surface area (Å²) in [6.07, 6.45) is 1.53. The first-order valence-corrected chi connectivity index (χ1v) is 10.1. The highest BCUT2D eigenvalue weighted by atomic mass is 16.5. The molecule has 12 heteroatoms. The lowest BCUT2D eigenvalue weighted by atomic mass is 10.1. The Balaban J connectivity index is 1.82. The van der Waals surface area contributed by atoms with Crippen molar-refractivity contribution in [1.29, 1.82) is 5.41 Å². The van der Waals surface area contributed by atoms with Crippen molar-refractivity contribution in [2.75, 3.05) is 25.3 Å². The van der Waals surface area contributed by atoms with Crippen LogP contribution in [0.1, 0.15) is 23.0 Å². The van der Waals surface area contributed by atoms with Crippen LogP contribution in [0, 0.1) is 5.41 Å². The minimum atomic E-state index is -0.645. The quantitative estimate of drug-likeness (QED) is 0.191. The van der Waals surface area contributed by atoms with Crippen LogP contribution in [0.4, 0.5) is 11.4 Å². The molecule has 34 heavy (non-hydrogen) atoms. The van der Waals surface area contributed by atoms with Gasteiger partial charge in [0.25, 0.3) is 0 Å². The molecule has 12 nitrogen and oxygen atoms in total.